The van der Waals surface area contributed by atoms with Crippen molar-refractivity contribution < 1.29 is 4.39 Å². The van der Waals surface area contributed by atoms with E-state index in [-0.39, 0.29) is 11.2 Å². The zero-order chi connectivity index (χ0) is 17.2. The molecule has 4 aromatic rings. The fraction of sp³-hybridized carbons (Fsp3) is 0.0476. The van der Waals surface area contributed by atoms with Gasteiger partial charge < -0.3 is 0 Å². The van der Waals surface area contributed by atoms with Crippen molar-refractivity contribution in [1.82, 2.24) is 9.55 Å². The number of halogens is 1. The lowest BCUT2D eigenvalue weighted by atomic mass is 10.1. The maximum Gasteiger partial charge on any atom is 0.266 e. The van der Waals surface area contributed by atoms with Crippen LogP contribution in [-0.2, 0) is 6.42 Å². The van der Waals surface area contributed by atoms with Gasteiger partial charge in [-0.1, -0.05) is 54.6 Å². The Hall–Kier alpha value is -3.27. The maximum atomic E-state index is 14.4. The van der Waals surface area contributed by atoms with E-state index in [2.05, 4.69) is 4.98 Å². The third kappa shape index (κ3) is 2.83. The van der Waals surface area contributed by atoms with E-state index in [4.69, 9.17) is 0 Å². The molecule has 4 rings (SSSR count). The summed E-state index contributed by atoms with van der Waals surface area (Å²) >= 11 is 0. The summed E-state index contributed by atoms with van der Waals surface area (Å²) in [5.41, 5.74) is 1.58. The number of fused-ring (bicyclic) bond motifs is 1. The van der Waals surface area contributed by atoms with Crippen molar-refractivity contribution >= 4 is 10.9 Å². The van der Waals surface area contributed by atoms with E-state index < -0.39 is 5.82 Å². The van der Waals surface area contributed by atoms with E-state index in [0.29, 0.717) is 23.1 Å². The molecular formula is C21H15FN2O. The Labute approximate surface area is 144 Å². The lowest BCUT2D eigenvalue weighted by Crippen LogP contribution is -2.25. The SMILES string of the molecule is O=c1c2ccccc2nc(Cc2ccccc2)n1-c1ccccc1F. The predicted octanol–water partition coefficient (Wildman–Crippen LogP) is 4.12. The zero-order valence-corrected chi connectivity index (χ0v) is 13.4. The molecule has 0 fully saturated rings. The number of rotatable bonds is 3. The Kier molecular flexibility index (Phi) is 3.86. The van der Waals surface area contributed by atoms with E-state index in [9.17, 15) is 9.18 Å². The minimum atomic E-state index is -0.448. The minimum absolute atomic E-state index is 0.219. The van der Waals surface area contributed by atoms with Crippen molar-refractivity contribution in [3.63, 3.8) is 0 Å². The molecule has 122 valence electrons. The summed E-state index contributed by atoms with van der Waals surface area (Å²) in [6, 6.07) is 23.1. The van der Waals surface area contributed by atoms with Crippen molar-refractivity contribution in [3.8, 4) is 5.69 Å². The van der Waals surface area contributed by atoms with Crippen LogP contribution in [0.5, 0.6) is 0 Å². The normalized spacial score (nSPS) is 10.9. The highest BCUT2D eigenvalue weighted by Crippen LogP contribution is 2.18. The lowest BCUT2D eigenvalue weighted by molar-refractivity contribution is 0.612. The first-order valence-corrected chi connectivity index (χ1v) is 8.03. The van der Waals surface area contributed by atoms with Crippen LogP contribution >= 0.6 is 0 Å². The van der Waals surface area contributed by atoms with Crippen LogP contribution in [0, 0.1) is 5.82 Å². The van der Waals surface area contributed by atoms with Crippen LogP contribution in [0.2, 0.25) is 0 Å². The Morgan fingerprint density at radius 2 is 1.52 bits per heavy atom. The van der Waals surface area contributed by atoms with Gasteiger partial charge in [0.2, 0.25) is 0 Å². The van der Waals surface area contributed by atoms with Gasteiger partial charge in [-0.3, -0.25) is 9.36 Å². The molecule has 1 aromatic heterocycles. The second kappa shape index (κ2) is 6.32. The van der Waals surface area contributed by atoms with Crippen molar-refractivity contribution in [1.29, 1.82) is 0 Å². The quantitative estimate of drug-likeness (QED) is 0.566. The Balaban J connectivity index is 2.01. The molecule has 0 saturated carbocycles. The molecule has 1 heterocycles. The summed E-state index contributed by atoms with van der Waals surface area (Å²) in [5, 5.41) is 0.475. The number of para-hydroxylation sites is 2. The highest BCUT2D eigenvalue weighted by Gasteiger charge is 2.15. The minimum Gasteiger partial charge on any atom is -0.268 e. The average molecular weight is 330 g/mol. The first-order chi connectivity index (χ1) is 12.2. The molecule has 0 amide bonds. The second-order valence-corrected chi connectivity index (χ2v) is 5.80. The van der Waals surface area contributed by atoms with E-state index in [1.54, 1.807) is 36.4 Å². The van der Waals surface area contributed by atoms with Gasteiger partial charge in [0.25, 0.3) is 5.56 Å². The molecule has 0 unspecified atom stereocenters. The molecule has 0 N–H and O–H groups in total. The fourth-order valence-electron chi connectivity index (χ4n) is 2.96. The highest BCUT2D eigenvalue weighted by atomic mass is 19.1. The number of aromatic nitrogens is 2. The summed E-state index contributed by atoms with van der Waals surface area (Å²) in [5.74, 6) is 0.0657. The molecule has 0 spiro atoms. The Morgan fingerprint density at radius 1 is 0.840 bits per heavy atom. The van der Waals surface area contributed by atoms with Gasteiger partial charge in [0.1, 0.15) is 11.6 Å². The van der Waals surface area contributed by atoms with Crippen LogP contribution in [0.1, 0.15) is 11.4 Å². The second-order valence-electron chi connectivity index (χ2n) is 5.80. The highest BCUT2D eigenvalue weighted by molar-refractivity contribution is 5.77. The monoisotopic (exact) mass is 330 g/mol. The van der Waals surface area contributed by atoms with Crippen molar-refractivity contribution in [2.24, 2.45) is 0 Å². The summed E-state index contributed by atoms with van der Waals surface area (Å²) in [7, 11) is 0. The third-order valence-corrected chi connectivity index (χ3v) is 4.14. The molecule has 0 saturated heterocycles. The fourth-order valence-corrected chi connectivity index (χ4v) is 2.96. The molecule has 0 aliphatic heterocycles. The third-order valence-electron chi connectivity index (χ3n) is 4.14. The van der Waals surface area contributed by atoms with Crippen LogP contribution in [-0.4, -0.2) is 9.55 Å². The van der Waals surface area contributed by atoms with Gasteiger partial charge in [0.05, 0.1) is 16.6 Å². The maximum absolute atomic E-state index is 14.4. The smallest absolute Gasteiger partial charge is 0.266 e. The summed E-state index contributed by atoms with van der Waals surface area (Å²) in [4.78, 5) is 17.7. The van der Waals surface area contributed by atoms with Gasteiger partial charge in [0, 0.05) is 6.42 Å². The Bertz CT molecular complexity index is 1100. The van der Waals surface area contributed by atoms with E-state index in [1.807, 2.05) is 36.4 Å². The van der Waals surface area contributed by atoms with Gasteiger partial charge in [-0.25, -0.2) is 9.37 Å². The van der Waals surface area contributed by atoms with Gasteiger partial charge in [0.15, 0.2) is 0 Å². The van der Waals surface area contributed by atoms with Crippen molar-refractivity contribution in [3.05, 3.63) is 106 Å². The van der Waals surface area contributed by atoms with E-state index >= 15 is 0 Å². The average Bonchev–Trinajstić information content (AvgIpc) is 2.64. The standard InChI is InChI=1S/C21H15FN2O/c22-17-11-5-7-13-19(17)24-20(14-15-8-2-1-3-9-15)23-18-12-6-4-10-16(18)21(24)25/h1-13H,14H2. The first-order valence-electron chi connectivity index (χ1n) is 8.03. The first kappa shape index (κ1) is 15.3. The zero-order valence-electron chi connectivity index (χ0n) is 13.4. The largest absolute Gasteiger partial charge is 0.268 e. The van der Waals surface area contributed by atoms with Gasteiger partial charge in [-0.05, 0) is 29.8 Å². The molecule has 3 aromatic carbocycles. The van der Waals surface area contributed by atoms with Crippen LogP contribution < -0.4 is 5.56 Å². The van der Waals surface area contributed by atoms with E-state index in [1.165, 1.54) is 10.6 Å². The van der Waals surface area contributed by atoms with Gasteiger partial charge in [-0.2, -0.15) is 0 Å². The van der Waals surface area contributed by atoms with Crippen LogP contribution in [0.25, 0.3) is 16.6 Å². The van der Waals surface area contributed by atoms with Crippen LogP contribution in [0.3, 0.4) is 0 Å². The molecule has 3 nitrogen and oxygen atoms in total. The molecule has 4 heteroatoms. The molecule has 0 radical (unpaired) electrons. The predicted molar refractivity (Wildman–Crippen MR) is 96.5 cm³/mol. The summed E-state index contributed by atoms with van der Waals surface area (Å²) in [6.45, 7) is 0. The van der Waals surface area contributed by atoms with Crippen LogP contribution in [0.4, 0.5) is 4.39 Å². The van der Waals surface area contributed by atoms with Gasteiger partial charge >= 0.3 is 0 Å². The number of hydrogen-bond donors (Lipinski definition) is 0. The van der Waals surface area contributed by atoms with Crippen molar-refractivity contribution in [2.75, 3.05) is 0 Å². The number of nitrogens with zero attached hydrogens (tertiary/aromatic N) is 2. The van der Waals surface area contributed by atoms with E-state index in [0.717, 1.165) is 5.56 Å². The molecular weight excluding hydrogens is 315 g/mol. The van der Waals surface area contributed by atoms with Gasteiger partial charge in [-0.15, -0.1) is 0 Å². The topological polar surface area (TPSA) is 34.9 Å². The molecule has 0 aliphatic rings. The summed E-state index contributed by atoms with van der Waals surface area (Å²) in [6.07, 6.45) is 0.440. The molecule has 0 atom stereocenters. The lowest BCUT2D eigenvalue weighted by Gasteiger charge is -2.14. The van der Waals surface area contributed by atoms with Crippen LogP contribution in [0.15, 0.2) is 83.7 Å². The Morgan fingerprint density at radius 3 is 2.32 bits per heavy atom. The number of benzene rings is 3. The molecule has 0 aliphatic carbocycles. The summed E-state index contributed by atoms with van der Waals surface area (Å²) < 4.78 is 15.8. The molecule has 0 bridgehead atoms. The molecule has 25 heavy (non-hydrogen) atoms. The number of hydrogen-bond acceptors (Lipinski definition) is 2. The van der Waals surface area contributed by atoms with Crippen molar-refractivity contribution in [2.45, 2.75) is 6.42 Å².